The fourth-order valence-electron chi connectivity index (χ4n) is 3.45. The van der Waals surface area contributed by atoms with Crippen molar-refractivity contribution in [1.82, 2.24) is 30.0 Å². The highest BCUT2D eigenvalue weighted by Crippen LogP contribution is 2.37. The highest BCUT2D eigenvalue weighted by molar-refractivity contribution is 7.89. The molecule has 4 rings (SSSR count). The van der Waals surface area contributed by atoms with Gasteiger partial charge < -0.3 is 15.4 Å². The average Bonchev–Trinajstić information content (AvgIpc) is 3.15. The van der Waals surface area contributed by atoms with Gasteiger partial charge in [-0.25, -0.2) is 31.4 Å². The van der Waals surface area contributed by atoms with E-state index in [1.807, 2.05) is 6.92 Å². The second-order valence-corrected chi connectivity index (χ2v) is 12.9. The third-order valence-electron chi connectivity index (χ3n) is 5.51. The first-order valence-corrected chi connectivity index (χ1v) is 13.9. The van der Waals surface area contributed by atoms with E-state index in [0.717, 1.165) is 12.8 Å². The number of anilines is 1. The second kappa shape index (κ2) is 9.76. The number of amides is 1. The molecule has 0 radical (unpaired) electrons. The molecule has 202 valence electrons. The summed E-state index contributed by atoms with van der Waals surface area (Å²) in [5.74, 6) is 0. The van der Waals surface area contributed by atoms with Crippen LogP contribution < -0.4 is 15.4 Å². The molecule has 1 fully saturated rings. The molecule has 0 spiro atoms. The number of carbonyl (C=O) groups excluding carboxylic acids is 1. The zero-order chi connectivity index (χ0) is 27.2. The Morgan fingerprint density at radius 3 is 2.57 bits per heavy atom. The normalized spacial score (nSPS) is 16.1. The van der Waals surface area contributed by atoms with Crippen molar-refractivity contribution in [3.8, 4) is 5.13 Å². The number of hydrogen-bond acceptors (Lipinski definition) is 9. The van der Waals surface area contributed by atoms with E-state index in [4.69, 9.17) is 4.74 Å². The van der Waals surface area contributed by atoms with Gasteiger partial charge in [-0.2, -0.15) is 5.10 Å². The van der Waals surface area contributed by atoms with E-state index in [-0.39, 0.29) is 22.6 Å². The predicted octanol–water partition coefficient (Wildman–Crippen LogP) is 3.97. The van der Waals surface area contributed by atoms with Gasteiger partial charge in [0.05, 0.1) is 16.6 Å². The summed E-state index contributed by atoms with van der Waals surface area (Å²) in [7, 11) is -3.91. The van der Waals surface area contributed by atoms with E-state index in [2.05, 4.69) is 30.7 Å². The maximum Gasteiger partial charge on any atom is 0.407 e. The zero-order valence-corrected chi connectivity index (χ0v) is 22.6. The molecule has 1 saturated carbocycles. The molecule has 11 nitrogen and oxygen atoms in total. The molecular weight excluding hydrogens is 528 g/mol. The molecule has 3 N–H and O–H groups in total. The van der Waals surface area contributed by atoms with Crippen LogP contribution in [0.4, 0.5) is 19.3 Å². The molecule has 1 aliphatic carbocycles. The van der Waals surface area contributed by atoms with E-state index >= 15 is 0 Å². The van der Waals surface area contributed by atoms with Crippen molar-refractivity contribution >= 4 is 44.0 Å². The van der Waals surface area contributed by atoms with Crippen molar-refractivity contribution in [3.05, 3.63) is 23.3 Å². The predicted molar refractivity (Wildman–Crippen MR) is 135 cm³/mol. The second-order valence-electron chi connectivity index (χ2n) is 10.3. The molecule has 0 aliphatic heterocycles. The molecule has 0 unspecified atom stereocenters. The third-order valence-corrected chi connectivity index (χ3v) is 8.04. The molecule has 3 aromatic rings. The van der Waals surface area contributed by atoms with Gasteiger partial charge >= 0.3 is 6.09 Å². The average molecular weight is 558 g/mol. The standard InChI is InChI=1S/C22H29F2N7O4S2/c1-12(27-20(32)35-21(2,3)4)10-25-15-8-13(37(33,34)30-22(5)6-7-22)9-16-14(15)11-26-31(16)19-29-28-18(36-19)17(23)24/h8-9,11-12,17,25,30H,6-7,10H2,1-5H3,(H,27,32)/t12-/m0/s1. The van der Waals surface area contributed by atoms with Gasteiger partial charge in [0.25, 0.3) is 6.43 Å². The van der Waals surface area contributed by atoms with Gasteiger partial charge in [-0.15, -0.1) is 10.2 Å². The maximum atomic E-state index is 13.2. The Morgan fingerprint density at radius 1 is 1.27 bits per heavy atom. The lowest BCUT2D eigenvalue weighted by Gasteiger charge is -2.22. The van der Waals surface area contributed by atoms with Gasteiger partial charge in [-0.1, -0.05) is 11.3 Å². The Balaban J connectivity index is 1.67. The lowest BCUT2D eigenvalue weighted by atomic mass is 10.2. The molecule has 0 saturated heterocycles. The Hall–Kier alpha value is -2.91. The number of sulfonamides is 1. The SMILES string of the molecule is C[C@@H](CNc1cc(S(=O)(=O)NC2(C)CC2)cc2c1cnn2-c1nnc(C(F)F)s1)NC(=O)OC(C)(C)C. The summed E-state index contributed by atoms with van der Waals surface area (Å²) < 4.78 is 61.8. The summed E-state index contributed by atoms with van der Waals surface area (Å²) in [5.41, 5.74) is -0.378. The minimum Gasteiger partial charge on any atom is -0.444 e. The number of nitrogens with one attached hydrogen (secondary N) is 3. The van der Waals surface area contributed by atoms with Gasteiger partial charge in [0.2, 0.25) is 15.2 Å². The van der Waals surface area contributed by atoms with Crippen LogP contribution in [0, 0.1) is 0 Å². The molecule has 1 amide bonds. The maximum absolute atomic E-state index is 13.2. The Labute approximate surface area is 217 Å². The van der Waals surface area contributed by atoms with Crippen molar-refractivity contribution in [2.75, 3.05) is 11.9 Å². The first-order chi connectivity index (χ1) is 17.2. The lowest BCUT2D eigenvalue weighted by molar-refractivity contribution is 0.0511. The molecule has 1 aromatic carbocycles. The molecule has 1 aliphatic rings. The number of ether oxygens (including phenoxy) is 1. The number of carbonyl (C=O) groups is 1. The summed E-state index contributed by atoms with van der Waals surface area (Å²) >= 11 is 0.664. The number of nitrogens with zero attached hydrogens (tertiary/aromatic N) is 4. The van der Waals surface area contributed by atoms with Crippen LogP contribution in [0.3, 0.4) is 0 Å². The van der Waals surface area contributed by atoms with Crippen LogP contribution in [-0.2, 0) is 14.8 Å². The highest BCUT2D eigenvalue weighted by atomic mass is 32.2. The Kier molecular flexibility index (Phi) is 7.16. The van der Waals surface area contributed by atoms with Crippen LogP contribution in [-0.4, -0.2) is 58.2 Å². The highest BCUT2D eigenvalue weighted by Gasteiger charge is 2.41. The Bertz CT molecular complexity index is 1410. The summed E-state index contributed by atoms with van der Waals surface area (Å²) in [6.07, 6.45) is -0.425. The van der Waals surface area contributed by atoms with Crippen molar-refractivity contribution in [2.45, 2.75) is 76.0 Å². The van der Waals surface area contributed by atoms with Crippen LogP contribution in [0.2, 0.25) is 0 Å². The zero-order valence-electron chi connectivity index (χ0n) is 21.0. The number of alkyl halides is 2. The Morgan fingerprint density at radius 2 is 1.97 bits per heavy atom. The summed E-state index contributed by atoms with van der Waals surface area (Å²) in [5, 5.41) is 17.6. The van der Waals surface area contributed by atoms with E-state index in [1.54, 1.807) is 27.7 Å². The lowest BCUT2D eigenvalue weighted by Crippen LogP contribution is -2.40. The van der Waals surface area contributed by atoms with Crippen LogP contribution in [0.5, 0.6) is 0 Å². The number of hydrogen-bond donors (Lipinski definition) is 3. The van der Waals surface area contributed by atoms with E-state index < -0.39 is 38.7 Å². The molecule has 37 heavy (non-hydrogen) atoms. The first-order valence-electron chi connectivity index (χ1n) is 11.6. The van der Waals surface area contributed by atoms with Gasteiger partial charge in [0.15, 0.2) is 5.01 Å². The van der Waals surface area contributed by atoms with Crippen molar-refractivity contribution in [3.63, 3.8) is 0 Å². The monoisotopic (exact) mass is 557 g/mol. The smallest absolute Gasteiger partial charge is 0.407 e. The van der Waals surface area contributed by atoms with E-state index in [9.17, 15) is 22.0 Å². The number of benzene rings is 1. The van der Waals surface area contributed by atoms with Crippen molar-refractivity contribution in [2.24, 2.45) is 0 Å². The molecular formula is C22H29F2N7O4S2. The van der Waals surface area contributed by atoms with Gasteiger partial charge in [0.1, 0.15) is 5.60 Å². The third kappa shape index (κ3) is 6.51. The fourth-order valence-corrected chi connectivity index (χ4v) is 5.63. The number of fused-ring (bicyclic) bond motifs is 1. The molecule has 0 bridgehead atoms. The number of aromatic nitrogens is 4. The topological polar surface area (TPSA) is 140 Å². The summed E-state index contributed by atoms with van der Waals surface area (Å²) in [6, 6.07) is 2.53. The minimum absolute atomic E-state index is 0.0243. The van der Waals surface area contributed by atoms with Crippen LogP contribution in [0.1, 0.15) is 58.9 Å². The van der Waals surface area contributed by atoms with Crippen molar-refractivity contribution < 1.29 is 26.7 Å². The number of rotatable bonds is 9. The summed E-state index contributed by atoms with van der Waals surface area (Å²) in [4.78, 5) is 12.1. The molecule has 1 atom stereocenters. The first kappa shape index (κ1) is 27.1. The summed E-state index contributed by atoms with van der Waals surface area (Å²) in [6.45, 7) is 9.10. The molecule has 2 aromatic heterocycles. The van der Waals surface area contributed by atoms with Crippen LogP contribution in [0.15, 0.2) is 23.2 Å². The van der Waals surface area contributed by atoms with Crippen molar-refractivity contribution in [1.29, 1.82) is 0 Å². The van der Waals surface area contributed by atoms with Crippen LogP contribution >= 0.6 is 11.3 Å². The number of alkyl carbamates (subject to hydrolysis) is 1. The van der Waals surface area contributed by atoms with E-state index in [0.29, 0.717) is 27.9 Å². The van der Waals surface area contributed by atoms with E-state index in [1.165, 1.54) is 23.0 Å². The molecule has 15 heteroatoms. The quantitative estimate of drug-likeness (QED) is 0.359. The van der Waals surface area contributed by atoms with Gasteiger partial charge in [-0.05, 0) is 59.6 Å². The van der Waals surface area contributed by atoms with Crippen LogP contribution in [0.25, 0.3) is 16.0 Å². The van der Waals surface area contributed by atoms with Gasteiger partial charge in [-0.3, -0.25) is 0 Å². The fraction of sp³-hybridized carbons (Fsp3) is 0.545. The number of halogens is 2. The largest absolute Gasteiger partial charge is 0.444 e. The van der Waals surface area contributed by atoms with Gasteiger partial charge in [0, 0.05) is 29.2 Å². The minimum atomic E-state index is -3.91. The molecule has 2 heterocycles.